The van der Waals surface area contributed by atoms with Gasteiger partial charge in [-0.05, 0) is 18.2 Å². The molecule has 1 aromatic carbocycles. The molecule has 2 aromatic rings. The zero-order chi connectivity index (χ0) is 12.3. The van der Waals surface area contributed by atoms with Crippen LogP contribution in [0, 0.1) is 0 Å². The summed E-state index contributed by atoms with van der Waals surface area (Å²) < 4.78 is 42.9. The van der Waals surface area contributed by atoms with Crippen LogP contribution in [0.1, 0.15) is 5.56 Å². The maximum atomic E-state index is 12.6. The van der Waals surface area contributed by atoms with Crippen LogP contribution >= 0.6 is 0 Å². The molecule has 6 heteroatoms. The lowest BCUT2D eigenvalue weighted by molar-refractivity contribution is -0.138. The molecule has 1 heterocycles. The predicted octanol–water partition coefficient (Wildman–Crippen LogP) is 3.29. The van der Waals surface area contributed by atoms with E-state index < -0.39 is 11.7 Å². The fourth-order valence-corrected chi connectivity index (χ4v) is 1.24. The Morgan fingerprint density at radius 2 is 1.76 bits per heavy atom. The molecule has 0 radical (unpaired) electrons. The Labute approximate surface area is 94.9 Å². The number of ether oxygens (including phenoxy) is 1. The number of nitrogens with zero attached hydrogens (tertiary/aromatic N) is 2. The summed E-state index contributed by atoms with van der Waals surface area (Å²) in [6.45, 7) is 0. The summed E-state index contributed by atoms with van der Waals surface area (Å²) in [6.07, 6.45) is -3.05. The highest BCUT2D eigenvalue weighted by Gasteiger charge is 2.34. The van der Waals surface area contributed by atoms with E-state index in [0.29, 0.717) is 0 Å². The third-order valence-corrected chi connectivity index (χ3v) is 1.95. The van der Waals surface area contributed by atoms with Gasteiger partial charge in [0.05, 0.1) is 5.56 Å². The topological polar surface area (TPSA) is 35.0 Å². The summed E-state index contributed by atoms with van der Waals surface area (Å²) in [4.78, 5) is 0. The average Bonchev–Trinajstić information content (AvgIpc) is 2.30. The molecule has 0 bridgehead atoms. The molecule has 0 amide bonds. The lowest BCUT2D eigenvalue weighted by Gasteiger charge is -2.12. The van der Waals surface area contributed by atoms with Crippen molar-refractivity contribution in [1.82, 2.24) is 10.2 Å². The van der Waals surface area contributed by atoms with Crippen molar-refractivity contribution in [2.75, 3.05) is 0 Å². The number of hydrogen-bond acceptors (Lipinski definition) is 3. The lowest BCUT2D eigenvalue weighted by Crippen LogP contribution is -2.07. The van der Waals surface area contributed by atoms with Gasteiger partial charge in [0.2, 0.25) is 5.88 Å². The molecule has 88 valence electrons. The number of rotatable bonds is 2. The highest BCUT2D eigenvalue weighted by atomic mass is 19.4. The first kappa shape index (κ1) is 11.4. The van der Waals surface area contributed by atoms with Gasteiger partial charge in [-0.2, -0.15) is 18.3 Å². The van der Waals surface area contributed by atoms with Crippen molar-refractivity contribution in [2.45, 2.75) is 6.18 Å². The van der Waals surface area contributed by atoms with Crippen molar-refractivity contribution in [1.29, 1.82) is 0 Å². The Balaban J connectivity index is 2.34. The summed E-state index contributed by atoms with van der Waals surface area (Å²) in [7, 11) is 0. The molecule has 0 aliphatic rings. The van der Waals surface area contributed by atoms with E-state index in [2.05, 4.69) is 10.2 Å². The number of hydrogen-bond donors (Lipinski definition) is 0. The smallest absolute Gasteiger partial charge is 0.419 e. The first-order valence-electron chi connectivity index (χ1n) is 4.69. The molecule has 0 N–H and O–H groups in total. The summed E-state index contributed by atoms with van der Waals surface area (Å²) in [6, 6.07) is 7.90. The van der Waals surface area contributed by atoms with E-state index in [1.165, 1.54) is 36.5 Å². The van der Waals surface area contributed by atoms with Gasteiger partial charge in [0.25, 0.3) is 0 Å². The molecule has 3 nitrogen and oxygen atoms in total. The van der Waals surface area contributed by atoms with Gasteiger partial charge < -0.3 is 4.74 Å². The van der Waals surface area contributed by atoms with Crippen molar-refractivity contribution >= 4 is 0 Å². The van der Waals surface area contributed by atoms with Gasteiger partial charge in [0.1, 0.15) is 5.75 Å². The fourth-order valence-electron chi connectivity index (χ4n) is 1.24. The number of benzene rings is 1. The molecule has 0 unspecified atom stereocenters. The Hall–Kier alpha value is -2.11. The molecular formula is C11H7F3N2O. The van der Waals surface area contributed by atoms with Crippen LogP contribution in [-0.2, 0) is 6.18 Å². The molecule has 0 atom stereocenters. The quantitative estimate of drug-likeness (QED) is 0.807. The largest absolute Gasteiger partial charge is 0.437 e. The van der Waals surface area contributed by atoms with Gasteiger partial charge in [-0.1, -0.05) is 12.1 Å². The molecule has 0 saturated carbocycles. The molecular weight excluding hydrogens is 233 g/mol. The molecule has 17 heavy (non-hydrogen) atoms. The van der Waals surface area contributed by atoms with Crippen LogP contribution in [0.5, 0.6) is 11.6 Å². The predicted molar refractivity (Wildman–Crippen MR) is 53.6 cm³/mol. The minimum atomic E-state index is -4.46. The second-order valence-corrected chi connectivity index (χ2v) is 3.16. The minimum Gasteiger partial charge on any atom is -0.437 e. The molecule has 0 fully saturated rings. The van der Waals surface area contributed by atoms with E-state index in [9.17, 15) is 13.2 Å². The standard InChI is InChI=1S/C11H7F3N2O/c12-11(13,14)8-4-1-2-5-9(8)17-10-6-3-7-15-16-10/h1-7H. The summed E-state index contributed by atoms with van der Waals surface area (Å²) >= 11 is 0. The van der Waals surface area contributed by atoms with E-state index in [0.717, 1.165) is 6.07 Å². The van der Waals surface area contributed by atoms with Gasteiger partial charge in [-0.15, -0.1) is 5.10 Å². The Morgan fingerprint density at radius 3 is 2.41 bits per heavy atom. The highest BCUT2D eigenvalue weighted by molar-refractivity contribution is 5.37. The lowest BCUT2D eigenvalue weighted by atomic mass is 10.2. The molecule has 0 aliphatic carbocycles. The van der Waals surface area contributed by atoms with Crippen LogP contribution in [0.2, 0.25) is 0 Å². The number of aromatic nitrogens is 2. The maximum absolute atomic E-state index is 12.6. The van der Waals surface area contributed by atoms with Crippen LogP contribution < -0.4 is 4.74 Å². The fraction of sp³-hybridized carbons (Fsp3) is 0.0909. The monoisotopic (exact) mass is 240 g/mol. The highest BCUT2D eigenvalue weighted by Crippen LogP contribution is 2.37. The molecule has 0 spiro atoms. The van der Waals surface area contributed by atoms with Gasteiger partial charge in [-0.25, -0.2) is 0 Å². The zero-order valence-electron chi connectivity index (χ0n) is 8.48. The maximum Gasteiger partial charge on any atom is 0.419 e. The first-order valence-corrected chi connectivity index (χ1v) is 4.69. The normalized spacial score (nSPS) is 11.2. The Bertz CT molecular complexity index is 500. The molecule has 1 aromatic heterocycles. The average molecular weight is 240 g/mol. The minimum absolute atomic E-state index is 0.0178. The number of halogens is 3. The molecule has 2 rings (SSSR count). The first-order chi connectivity index (χ1) is 8.07. The van der Waals surface area contributed by atoms with Crippen LogP contribution in [0.25, 0.3) is 0 Å². The Kier molecular flexibility index (Phi) is 2.95. The van der Waals surface area contributed by atoms with Crippen molar-refractivity contribution in [2.24, 2.45) is 0 Å². The second-order valence-electron chi connectivity index (χ2n) is 3.16. The Morgan fingerprint density at radius 1 is 1.00 bits per heavy atom. The van der Waals surface area contributed by atoms with Crippen LogP contribution in [0.4, 0.5) is 13.2 Å². The van der Waals surface area contributed by atoms with Crippen molar-refractivity contribution in [3.05, 3.63) is 48.2 Å². The van der Waals surface area contributed by atoms with E-state index in [1.54, 1.807) is 0 Å². The summed E-state index contributed by atoms with van der Waals surface area (Å²) in [5, 5.41) is 7.07. The summed E-state index contributed by atoms with van der Waals surface area (Å²) in [5.74, 6) is -0.273. The van der Waals surface area contributed by atoms with Crippen molar-refractivity contribution in [3.8, 4) is 11.6 Å². The van der Waals surface area contributed by atoms with E-state index in [1.807, 2.05) is 0 Å². The van der Waals surface area contributed by atoms with Gasteiger partial charge in [0, 0.05) is 12.3 Å². The molecule has 0 saturated heterocycles. The molecule has 0 aliphatic heterocycles. The van der Waals surface area contributed by atoms with Crippen molar-refractivity contribution < 1.29 is 17.9 Å². The number of alkyl halides is 3. The third kappa shape index (κ3) is 2.72. The third-order valence-electron chi connectivity index (χ3n) is 1.95. The van der Waals surface area contributed by atoms with Crippen LogP contribution in [0.15, 0.2) is 42.6 Å². The van der Waals surface area contributed by atoms with Crippen molar-refractivity contribution in [3.63, 3.8) is 0 Å². The van der Waals surface area contributed by atoms with Gasteiger partial charge >= 0.3 is 6.18 Å². The SMILES string of the molecule is FC(F)(F)c1ccccc1Oc1cccnn1. The summed E-state index contributed by atoms with van der Waals surface area (Å²) in [5.41, 5.74) is -0.842. The van der Waals surface area contributed by atoms with E-state index in [-0.39, 0.29) is 11.6 Å². The van der Waals surface area contributed by atoms with E-state index >= 15 is 0 Å². The van der Waals surface area contributed by atoms with E-state index in [4.69, 9.17) is 4.74 Å². The van der Waals surface area contributed by atoms with Crippen LogP contribution in [0.3, 0.4) is 0 Å². The van der Waals surface area contributed by atoms with Crippen LogP contribution in [-0.4, -0.2) is 10.2 Å². The number of para-hydroxylation sites is 1. The zero-order valence-corrected chi connectivity index (χ0v) is 8.48. The van der Waals surface area contributed by atoms with Gasteiger partial charge in [-0.3, -0.25) is 0 Å². The second kappa shape index (κ2) is 4.40. The van der Waals surface area contributed by atoms with Gasteiger partial charge in [0.15, 0.2) is 0 Å².